The number of benzene rings is 1. The fourth-order valence-electron chi connectivity index (χ4n) is 2.40. The highest BCUT2D eigenvalue weighted by molar-refractivity contribution is 5.13. The number of hydrogen-bond acceptors (Lipinski definition) is 2. The standard InChI is InChI=1S/C15H28N3/c1-17-11-7-13-18(2,12-6-10-16)14-15-8-4-3-5-9-15/h3-5,8-9,17H,6-7,10-14,16H2,1-2H3/q+1. The monoisotopic (exact) mass is 250 g/mol. The van der Waals surface area contributed by atoms with Crippen molar-refractivity contribution in [1.82, 2.24) is 5.32 Å². The zero-order chi connectivity index (χ0) is 13.3. The third-order valence-corrected chi connectivity index (χ3v) is 3.43. The van der Waals surface area contributed by atoms with Gasteiger partial charge in [0.25, 0.3) is 0 Å². The van der Waals surface area contributed by atoms with E-state index in [0.717, 1.165) is 37.1 Å². The van der Waals surface area contributed by atoms with Crippen LogP contribution < -0.4 is 11.1 Å². The highest BCUT2D eigenvalue weighted by Crippen LogP contribution is 2.13. The maximum absolute atomic E-state index is 5.66. The second kappa shape index (κ2) is 8.25. The fourth-order valence-corrected chi connectivity index (χ4v) is 2.40. The van der Waals surface area contributed by atoms with Crippen LogP contribution in [-0.2, 0) is 6.54 Å². The van der Waals surface area contributed by atoms with Crippen LogP contribution in [0.25, 0.3) is 0 Å². The van der Waals surface area contributed by atoms with Gasteiger partial charge in [-0.25, -0.2) is 0 Å². The minimum absolute atomic E-state index is 0.786. The van der Waals surface area contributed by atoms with Gasteiger partial charge in [-0.3, -0.25) is 0 Å². The van der Waals surface area contributed by atoms with Crippen LogP contribution in [0, 0.1) is 0 Å². The molecule has 0 aromatic heterocycles. The molecule has 1 atom stereocenters. The number of rotatable bonds is 9. The second-order valence-corrected chi connectivity index (χ2v) is 5.31. The van der Waals surface area contributed by atoms with Crippen LogP contribution in [0.3, 0.4) is 0 Å². The Morgan fingerprint density at radius 1 is 1.11 bits per heavy atom. The van der Waals surface area contributed by atoms with Crippen molar-refractivity contribution in [2.24, 2.45) is 5.73 Å². The van der Waals surface area contributed by atoms with E-state index >= 15 is 0 Å². The Hall–Kier alpha value is -0.900. The topological polar surface area (TPSA) is 38.0 Å². The molecule has 1 rings (SSSR count). The third-order valence-electron chi connectivity index (χ3n) is 3.43. The van der Waals surface area contributed by atoms with Gasteiger partial charge in [-0.15, -0.1) is 0 Å². The molecule has 0 heterocycles. The highest BCUT2D eigenvalue weighted by atomic mass is 15.3. The van der Waals surface area contributed by atoms with Crippen molar-refractivity contribution >= 4 is 0 Å². The number of nitrogens with two attached hydrogens (primary N) is 1. The minimum atomic E-state index is 0.786. The Bertz CT molecular complexity index is 313. The van der Waals surface area contributed by atoms with Crippen molar-refractivity contribution in [1.29, 1.82) is 0 Å². The third kappa shape index (κ3) is 5.63. The van der Waals surface area contributed by atoms with E-state index in [0.29, 0.717) is 0 Å². The summed E-state index contributed by atoms with van der Waals surface area (Å²) in [6.07, 6.45) is 2.31. The van der Waals surface area contributed by atoms with Gasteiger partial charge in [0.1, 0.15) is 6.54 Å². The average Bonchev–Trinajstić information content (AvgIpc) is 2.38. The van der Waals surface area contributed by atoms with Crippen LogP contribution in [0.1, 0.15) is 18.4 Å². The van der Waals surface area contributed by atoms with Crippen LogP contribution in [0.15, 0.2) is 30.3 Å². The van der Waals surface area contributed by atoms with Crippen molar-refractivity contribution < 1.29 is 4.48 Å². The molecule has 0 bridgehead atoms. The summed E-state index contributed by atoms with van der Waals surface area (Å²) in [6.45, 7) is 5.34. The van der Waals surface area contributed by atoms with Crippen LogP contribution in [-0.4, -0.2) is 44.8 Å². The Morgan fingerprint density at radius 3 is 2.39 bits per heavy atom. The molecule has 0 fully saturated rings. The maximum atomic E-state index is 5.66. The molecular weight excluding hydrogens is 222 g/mol. The number of nitrogens with zero attached hydrogens (tertiary/aromatic N) is 1. The molecule has 0 saturated carbocycles. The predicted molar refractivity (Wildman–Crippen MR) is 78.3 cm³/mol. The van der Waals surface area contributed by atoms with Gasteiger partial charge in [-0.05, 0) is 13.6 Å². The Kier molecular flexibility index (Phi) is 6.94. The predicted octanol–water partition coefficient (Wildman–Crippen LogP) is 1.59. The molecule has 3 nitrogen and oxygen atoms in total. The summed E-state index contributed by atoms with van der Waals surface area (Å²) in [4.78, 5) is 0. The molecule has 102 valence electrons. The van der Waals surface area contributed by atoms with Crippen LogP contribution in [0.5, 0.6) is 0 Å². The lowest BCUT2D eigenvalue weighted by molar-refractivity contribution is -0.922. The van der Waals surface area contributed by atoms with Gasteiger partial charge in [0.05, 0.1) is 20.1 Å². The number of nitrogens with one attached hydrogen (secondary N) is 1. The smallest absolute Gasteiger partial charge is 0.104 e. The second-order valence-electron chi connectivity index (χ2n) is 5.31. The Labute approximate surface area is 112 Å². The van der Waals surface area contributed by atoms with Crippen LogP contribution in [0.4, 0.5) is 0 Å². The molecule has 1 aromatic carbocycles. The molecule has 0 aliphatic carbocycles. The average molecular weight is 250 g/mol. The molecule has 3 N–H and O–H groups in total. The van der Waals surface area contributed by atoms with Gasteiger partial charge in [-0.2, -0.15) is 0 Å². The molecule has 0 aliphatic rings. The maximum Gasteiger partial charge on any atom is 0.104 e. The van der Waals surface area contributed by atoms with Crippen LogP contribution >= 0.6 is 0 Å². The van der Waals surface area contributed by atoms with Gasteiger partial charge in [0.2, 0.25) is 0 Å². The molecule has 1 aromatic rings. The molecule has 0 spiro atoms. The van der Waals surface area contributed by atoms with E-state index in [-0.39, 0.29) is 0 Å². The van der Waals surface area contributed by atoms with E-state index < -0.39 is 0 Å². The van der Waals surface area contributed by atoms with Gasteiger partial charge in [0.15, 0.2) is 0 Å². The zero-order valence-electron chi connectivity index (χ0n) is 11.9. The molecule has 0 amide bonds. The molecule has 3 heteroatoms. The van der Waals surface area contributed by atoms with Crippen molar-refractivity contribution in [3.63, 3.8) is 0 Å². The number of hydrogen-bond donors (Lipinski definition) is 2. The molecule has 0 saturated heterocycles. The first-order valence-corrected chi connectivity index (χ1v) is 6.92. The van der Waals surface area contributed by atoms with Gasteiger partial charge in [0, 0.05) is 24.9 Å². The van der Waals surface area contributed by atoms with Crippen LogP contribution in [0.2, 0.25) is 0 Å². The van der Waals surface area contributed by atoms with E-state index in [4.69, 9.17) is 5.73 Å². The summed E-state index contributed by atoms with van der Waals surface area (Å²) in [7, 11) is 4.36. The van der Waals surface area contributed by atoms with Crippen molar-refractivity contribution in [3.8, 4) is 0 Å². The first-order chi connectivity index (χ1) is 8.70. The molecule has 18 heavy (non-hydrogen) atoms. The van der Waals surface area contributed by atoms with E-state index in [9.17, 15) is 0 Å². The molecule has 0 radical (unpaired) electrons. The summed E-state index contributed by atoms with van der Waals surface area (Å²) in [5, 5.41) is 3.23. The summed E-state index contributed by atoms with van der Waals surface area (Å²) in [6, 6.07) is 10.8. The summed E-state index contributed by atoms with van der Waals surface area (Å²) >= 11 is 0. The SMILES string of the molecule is CNCCC[N+](C)(CCCN)Cc1ccccc1. The van der Waals surface area contributed by atoms with Crippen molar-refractivity contribution in [2.75, 3.05) is 40.3 Å². The quantitative estimate of drug-likeness (QED) is 0.516. The van der Waals surface area contributed by atoms with Gasteiger partial charge >= 0.3 is 0 Å². The first kappa shape index (κ1) is 15.2. The van der Waals surface area contributed by atoms with Crippen molar-refractivity contribution in [3.05, 3.63) is 35.9 Å². The lowest BCUT2D eigenvalue weighted by atomic mass is 10.1. The Morgan fingerprint density at radius 2 is 1.78 bits per heavy atom. The molecular formula is C15H28N3+. The highest BCUT2D eigenvalue weighted by Gasteiger charge is 2.20. The summed E-state index contributed by atoms with van der Waals surface area (Å²) in [5.41, 5.74) is 7.08. The molecule has 1 unspecified atom stereocenters. The zero-order valence-corrected chi connectivity index (χ0v) is 11.9. The van der Waals surface area contributed by atoms with Gasteiger partial charge < -0.3 is 15.5 Å². The fraction of sp³-hybridized carbons (Fsp3) is 0.600. The van der Waals surface area contributed by atoms with E-state index in [1.165, 1.54) is 18.5 Å². The summed E-state index contributed by atoms with van der Waals surface area (Å²) in [5.74, 6) is 0. The largest absolute Gasteiger partial charge is 0.330 e. The van der Waals surface area contributed by atoms with Gasteiger partial charge in [-0.1, -0.05) is 30.3 Å². The Balaban J connectivity index is 2.58. The lowest BCUT2D eigenvalue weighted by Crippen LogP contribution is -2.46. The number of quaternary nitrogens is 1. The normalized spacial score (nSPS) is 14.4. The van der Waals surface area contributed by atoms with E-state index in [1.54, 1.807) is 0 Å². The first-order valence-electron chi connectivity index (χ1n) is 6.92. The lowest BCUT2D eigenvalue weighted by Gasteiger charge is -2.35. The summed E-state index contributed by atoms with van der Waals surface area (Å²) < 4.78 is 1.09. The minimum Gasteiger partial charge on any atom is -0.330 e. The van der Waals surface area contributed by atoms with E-state index in [1.807, 2.05) is 7.05 Å². The van der Waals surface area contributed by atoms with Crippen molar-refractivity contribution in [2.45, 2.75) is 19.4 Å². The molecule has 0 aliphatic heterocycles. The van der Waals surface area contributed by atoms with E-state index in [2.05, 4.69) is 42.7 Å².